The van der Waals surface area contributed by atoms with Crippen LogP contribution in [-0.4, -0.2) is 18.5 Å². The SMILES string of the molecule is CC(C)CNC(=O)NCc1ccc(C(=O)Nc2ccccc2N)s1. The number of carbonyl (C=O) groups excluding carboxylic acids is 2. The number of nitrogens with two attached hydrogens (primary N) is 1. The normalized spacial score (nSPS) is 10.5. The zero-order chi connectivity index (χ0) is 17.5. The van der Waals surface area contributed by atoms with Gasteiger partial charge < -0.3 is 21.7 Å². The van der Waals surface area contributed by atoms with Gasteiger partial charge in [-0.05, 0) is 30.2 Å². The minimum atomic E-state index is -0.214. The van der Waals surface area contributed by atoms with Crippen molar-refractivity contribution in [2.24, 2.45) is 5.92 Å². The first kappa shape index (κ1) is 17.8. The molecule has 0 radical (unpaired) electrons. The Labute approximate surface area is 145 Å². The van der Waals surface area contributed by atoms with Crippen LogP contribution in [0.3, 0.4) is 0 Å². The average molecular weight is 346 g/mol. The molecule has 0 spiro atoms. The first-order chi connectivity index (χ1) is 11.5. The number of benzene rings is 1. The van der Waals surface area contributed by atoms with Gasteiger partial charge >= 0.3 is 6.03 Å². The number of carbonyl (C=O) groups is 2. The van der Waals surface area contributed by atoms with Gasteiger partial charge in [0.25, 0.3) is 5.91 Å². The summed E-state index contributed by atoms with van der Waals surface area (Å²) in [7, 11) is 0. The Morgan fingerprint density at radius 3 is 2.58 bits per heavy atom. The van der Waals surface area contributed by atoms with Gasteiger partial charge in [0.1, 0.15) is 0 Å². The minimum Gasteiger partial charge on any atom is -0.397 e. The molecular formula is C17H22N4O2S. The summed E-state index contributed by atoms with van der Waals surface area (Å²) in [6, 6.07) is 10.5. The molecule has 128 valence electrons. The standard InChI is InChI=1S/C17H22N4O2S/c1-11(2)9-19-17(23)20-10-12-7-8-15(24-12)16(22)21-14-6-4-3-5-13(14)18/h3-8,11H,9-10,18H2,1-2H3,(H,21,22)(H2,19,20,23). The Morgan fingerprint density at radius 2 is 1.88 bits per heavy atom. The van der Waals surface area contributed by atoms with E-state index >= 15 is 0 Å². The number of nitrogens with one attached hydrogen (secondary N) is 3. The van der Waals surface area contributed by atoms with E-state index in [-0.39, 0.29) is 11.9 Å². The second-order valence-corrected chi connectivity index (χ2v) is 6.93. The van der Waals surface area contributed by atoms with Gasteiger partial charge in [-0.3, -0.25) is 4.79 Å². The maximum absolute atomic E-state index is 12.2. The molecule has 7 heteroatoms. The smallest absolute Gasteiger partial charge is 0.315 e. The molecule has 3 amide bonds. The van der Waals surface area contributed by atoms with Crippen molar-refractivity contribution in [3.05, 3.63) is 46.2 Å². The Balaban J connectivity index is 1.87. The number of hydrogen-bond donors (Lipinski definition) is 4. The van der Waals surface area contributed by atoms with Gasteiger partial charge in [-0.15, -0.1) is 11.3 Å². The summed E-state index contributed by atoms with van der Waals surface area (Å²) >= 11 is 1.34. The summed E-state index contributed by atoms with van der Waals surface area (Å²) in [6.07, 6.45) is 0. The molecule has 1 heterocycles. The Bertz CT molecular complexity index is 712. The Morgan fingerprint density at radius 1 is 1.12 bits per heavy atom. The van der Waals surface area contributed by atoms with Crippen LogP contribution in [0.4, 0.5) is 16.2 Å². The van der Waals surface area contributed by atoms with Crippen LogP contribution in [0.25, 0.3) is 0 Å². The molecule has 2 aromatic rings. The number of rotatable bonds is 6. The molecule has 6 nitrogen and oxygen atoms in total. The Hall–Kier alpha value is -2.54. The molecule has 0 saturated heterocycles. The van der Waals surface area contributed by atoms with E-state index in [9.17, 15) is 9.59 Å². The lowest BCUT2D eigenvalue weighted by Gasteiger charge is -2.08. The third kappa shape index (κ3) is 5.27. The highest BCUT2D eigenvalue weighted by Crippen LogP contribution is 2.21. The Kier molecular flexibility index (Phi) is 6.20. The first-order valence-corrected chi connectivity index (χ1v) is 8.53. The summed E-state index contributed by atoms with van der Waals surface area (Å²) in [6.45, 7) is 5.08. The second-order valence-electron chi connectivity index (χ2n) is 5.76. The van der Waals surface area contributed by atoms with E-state index in [4.69, 9.17) is 5.73 Å². The van der Waals surface area contributed by atoms with Crippen molar-refractivity contribution >= 4 is 34.6 Å². The number of hydrogen-bond acceptors (Lipinski definition) is 4. The van der Waals surface area contributed by atoms with Gasteiger partial charge in [0.15, 0.2) is 0 Å². The summed E-state index contributed by atoms with van der Waals surface area (Å²) < 4.78 is 0. The third-order valence-electron chi connectivity index (χ3n) is 3.19. The van der Waals surface area contributed by atoms with Crippen molar-refractivity contribution in [1.82, 2.24) is 10.6 Å². The molecule has 2 rings (SSSR count). The average Bonchev–Trinajstić information content (AvgIpc) is 3.02. The molecular weight excluding hydrogens is 324 g/mol. The highest BCUT2D eigenvalue weighted by molar-refractivity contribution is 7.14. The van der Waals surface area contributed by atoms with E-state index < -0.39 is 0 Å². The fourth-order valence-corrected chi connectivity index (χ4v) is 2.76. The number of nitrogen functional groups attached to an aromatic ring is 1. The van der Waals surface area contributed by atoms with Crippen LogP contribution in [0.5, 0.6) is 0 Å². The summed E-state index contributed by atoms with van der Waals surface area (Å²) in [5.41, 5.74) is 6.92. The fraction of sp³-hybridized carbons (Fsp3) is 0.294. The van der Waals surface area contributed by atoms with E-state index in [0.717, 1.165) is 4.88 Å². The number of urea groups is 1. The lowest BCUT2D eigenvalue weighted by atomic mass is 10.2. The van der Waals surface area contributed by atoms with Gasteiger partial charge in [0, 0.05) is 11.4 Å². The molecule has 0 aliphatic heterocycles. The fourth-order valence-electron chi connectivity index (χ4n) is 1.92. The molecule has 0 aliphatic rings. The molecule has 5 N–H and O–H groups in total. The molecule has 0 fully saturated rings. The first-order valence-electron chi connectivity index (χ1n) is 7.72. The summed E-state index contributed by atoms with van der Waals surface area (Å²) in [4.78, 5) is 25.3. The van der Waals surface area contributed by atoms with Crippen LogP contribution >= 0.6 is 11.3 Å². The van der Waals surface area contributed by atoms with E-state index in [0.29, 0.717) is 35.3 Å². The number of anilines is 2. The molecule has 0 unspecified atom stereocenters. The quantitative estimate of drug-likeness (QED) is 0.605. The third-order valence-corrected chi connectivity index (χ3v) is 4.27. The van der Waals surface area contributed by atoms with Crippen molar-refractivity contribution in [2.75, 3.05) is 17.6 Å². The van der Waals surface area contributed by atoms with Crippen molar-refractivity contribution in [3.8, 4) is 0 Å². The highest BCUT2D eigenvalue weighted by Gasteiger charge is 2.11. The van der Waals surface area contributed by atoms with Crippen LogP contribution < -0.4 is 21.7 Å². The molecule has 0 saturated carbocycles. The van der Waals surface area contributed by atoms with Crippen molar-refractivity contribution in [1.29, 1.82) is 0 Å². The summed E-state index contributed by atoms with van der Waals surface area (Å²) in [5, 5.41) is 8.34. The van der Waals surface area contributed by atoms with Crippen LogP contribution in [0.1, 0.15) is 28.4 Å². The lowest BCUT2D eigenvalue weighted by molar-refractivity contribution is 0.103. The van der Waals surface area contributed by atoms with Crippen molar-refractivity contribution in [2.45, 2.75) is 20.4 Å². The van der Waals surface area contributed by atoms with Crippen LogP contribution in [0.2, 0.25) is 0 Å². The van der Waals surface area contributed by atoms with E-state index in [1.165, 1.54) is 11.3 Å². The zero-order valence-electron chi connectivity index (χ0n) is 13.8. The van der Waals surface area contributed by atoms with Gasteiger partial charge in [0.2, 0.25) is 0 Å². The lowest BCUT2D eigenvalue weighted by Crippen LogP contribution is -2.36. The predicted octanol–water partition coefficient (Wildman–Crippen LogP) is 3.04. The van der Waals surface area contributed by atoms with Crippen molar-refractivity contribution in [3.63, 3.8) is 0 Å². The van der Waals surface area contributed by atoms with Crippen LogP contribution in [0, 0.1) is 5.92 Å². The molecule has 0 atom stereocenters. The van der Waals surface area contributed by atoms with Crippen LogP contribution in [0.15, 0.2) is 36.4 Å². The molecule has 1 aromatic heterocycles. The topological polar surface area (TPSA) is 96.2 Å². The minimum absolute atomic E-state index is 0.208. The maximum Gasteiger partial charge on any atom is 0.315 e. The number of thiophene rings is 1. The van der Waals surface area contributed by atoms with Gasteiger partial charge in [-0.1, -0.05) is 26.0 Å². The zero-order valence-corrected chi connectivity index (χ0v) is 14.6. The highest BCUT2D eigenvalue weighted by atomic mass is 32.1. The molecule has 24 heavy (non-hydrogen) atoms. The van der Waals surface area contributed by atoms with Crippen molar-refractivity contribution < 1.29 is 9.59 Å². The largest absolute Gasteiger partial charge is 0.397 e. The monoisotopic (exact) mass is 346 g/mol. The summed E-state index contributed by atoms with van der Waals surface area (Å²) in [5.74, 6) is 0.187. The van der Waals surface area contributed by atoms with Gasteiger partial charge in [-0.25, -0.2) is 4.79 Å². The van der Waals surface area contributed by atoms with Gasteiger partial charge in [-0.2, -0.15) is 0 Å². The molecule has 0 bridgehead atoms. The molecule has 0 aliphatic carbocycles. The predicted molar refractivity (Wildman–Crippen MR) is 98.2 cm³/mol. The second kappa shape index (κ2) is 8.35. The maximum atomic E-state index is 12.2. The van der Waals surface area contributed by atoms with E-state index in [2.05, 4.69) is 16.0 Å². The molecule has 1 aromatic carbocycles. The van der Waals surface area contributed by atoms with E-state index in [1.54, 1.807) is 18.2 Å². The van der Waals surface area contributed by atoms with E-state index in [1.807, 2.05) is 32.0 Å². The van der Waals surface area contributed by atoms with Gasteiger partial charge in [0.05, 0.1) is 22.8 Å². The number of para-hydroxylation sites is 2. The van der Waals surface area contributed by atoms with Crippen LogP contribution in [-0.2, 0) is 6.54 Å². The number of amides is 3.